The molecule has 194 valence electrons. The van der Waals surface area contributed by atoms with Crippen LogP contribution in [0, 0.1) is 5.92 Å². The Hall–Kier alpha value is 0.110. The van der Waals surface area contributed by atoms with Crippen molar-refractivity contribution < 1.29 is 33.5 Å². The number of hydrogen-bond acceptors (Lipinski definition) is 10. The molecule has 3 rings (SSSR count). The first kappa shape index (κ1) is 29.3. The average Bonchev–Trinajstić information content (AvgIpc) is 3.07. The van der Waals surface area contributed by atoms with Crippen molar-refractivity contribution in [2.24, 2.45) is 5.92 Å². The van der Waals surface area contributed by atoms with Crippen LogP contribution in [0.4, 0.5) is 3.89 Å². The Morgan fingerprint density at radius 2 is 1.91 bits per heavy atom. The Labute approximate surface area is 208 Å². The zero-order valence-corrected chi connectivity index (χ0v) is 21.7. The molecule has 3 unspecified atom stereocenters. The number of thioether (sulfide) groups is 1. The van der Waals surface area contributed by atoms with Gasteiger partial charge in [-0.3, -0.25) is 4.79 Å². The molecule has 0 aromatic heterocycles. The van der Waals surface area contributed by atoms with Crippen LogP contribution < -0.4 is 16.0 Å². The first-order chi connectivity index (χ1) is 15.7. The van der Waals surface area contributed by atoms with Crippen molar-refractivity contribution in [3.05, 3.63) is 0 Å². The number of carbonyl (C=O) groups excluding carboxylic acids is 1. The number of ether oxygens (including phenoxy) is 2. The summed E-state index contributed by atoms with van der Waals surface area (Å²) in [6, 6.07) is -0.930. The number of aliphatic hydroxyl groups is 3. The minimum atomic E-state index is -1.39. The summed E-state index contributed by atoms with van der Waals surface area (Å²) in [6.07, 6.45) is -0.272. The Balaban J connectivity index is 0.00000122. The summed E-state index contributed by atoms with van der Waals surface area (Å²) in [4.78, 5) is 13.1. The standard InChI is InChI=1S/C19H34ClN3O6S.CH3FS/c1-8(20)11(17-14(25)13(24)15(26)19(29-17)30-3)23-18(27)12-16-9(7-22-12)6-10(21-2)4-5-28-16;1-3-2/h8-17,19,21-22,24-26H,4-7H2,1-3H3,(H,23,27);1H3/t8-,9-,10?,11+,12-,13+,14?,15+,16+,17+,19?;/m0./s1. The summed E-state index contributed by atoms with van der Waals surface area (Å²) in [6.45, 7) is 2.96. The van der Waals surface area contributed by atoms with Crippen molar-refractivity contribution in [3.63, 3.8) is 0 Å². The third-order valence-electron chi connectivity index (χ3n) is 6.44. The van der Waals surface area contributed by atoms with Crippen LogP contribution in [-0.4, -0.2) is 113 Å². The number of nitrogens with one attached hydrogen (secondary N) is 3. The monoisotopic (exact) mass is 533 g/mol. The maximum absolute atomic E-state index is 13.1. The maximum atomic E-state index is 13.1. The summed E-state index contributed by atoms with van der Waals surface area (Å²) < 4.78 is 22.0. The molecule has 13 heteroatoms. The van der Waals surface area contributed by atoms with E-state index in [0.717, 1.165) is 12.8 Å². The van der Waals surface area contributed by atoms with Crippen molar-refractivity contribution >= 4 is 41.4 Å². The summed E-state index contributed by atoms with van der Waals surface area (Å²) in [5.74, 6) is -0.0537. The van der Waals surface area contributed by atoms with Gasteiger partial charge in [0.1, 0.15) is 35.9 Å². The smallest absolute Gasteiger partial charge is 0.240 e. The Morgan fingerprint density at radius 3 is 2.48 bits per heavy atom. The zero-order chi connectivity index (χ0) is 24.7. The highest BCUT2D eigenvalue weighted by molar-refractivity contribution is 7.99. The van der Waals surface area contributed by atoms with E-state index in [0.29, 0.717) is 19.2 Å². The van der Waals surface area contributed by atoms with Gasteiger partial charge in [-0.05, 0) is 33.1 Å². The number of fused-ring (bicyclic) bond motifs is 1. The highest BCUT2D eigenvalue weighted by Gasteiger charge is 2.49. The molecule has 33 heavy (non-hydrogen) atoms. The molecule has 9 nitrogen and oxygen atoms in total. The van der Waals surface area contributed by atoms with Crippen molar-refractivity contribution in [1.29, 1.82) is 0 Å². The molecule has 3 aliphatic rings. The second-order valence-electron chi connectivity index (χ2n) is 8.53. The van der Waals surface area contributed by atoms with E-state index < -0.39 is 47.3 Å². The van der Waals surface area contributed by atoms with Gasteiger partial charge in [0, 0.05) is 43.5 Å². The summed E-state index contributed by atoms with van der Waals surface area (Å²) in [7, 11) is 1.94. The van der Waals surface area contributed by atoms with Crippen LogP contribution in [0.15, 0.2) is 0 Å². The predicted octanol–water partition coefficient (Wildman–Crippen LogP) is -0.142. The van der Waals surface area contributed by atoms with Gasteiger partial charge in [0.15, 0.2) is 0 Å². The van der Waals surface area contributed by atoms with Gasteiger partial charge in [-0.1, -0.05) is 0 Å². The van der Waals surface area contributed by atoms with Gasteiger partial charge in [0.2, 0.25) is 5.91 Å². The lowest BCUT2D eigenvalue weighted by molar-refractivity contribution is -0.205. The SMILES string of the molecule is CNC1CCO[C@@H]2[C@H](CN[C@@H]2C(=O)N[C@H]([C@H](C)Cl)[C@H]2OC(SC)[C@H](O)[C@H](O)C2O)C1.CSF. The predicted molar refractivity (Wildman–Crippen MR) is 129 cm³/mol. The third-order valence-corrected chi connectivity index (χ3v) is 7.57. The Bertz CT molecular complexity index is 614. The molecule has 3 heterocycles. The van der Waals surface area contributed by atoms with Crippen LogP contribution in [0.2, 0.25) is 0 Å². The van der Waals surface area contributed by atoms with Crippen molar-refractivity contribution in [1.82, 2.24) is 16.0 Å². The van der Waals surface area contributed by atoms with Crippen LogP contribution in [0.3, 0.4) is 0 Å². The van der Waals surface area contributed by atoms with E-state index in [1.165, 1.54) is 18.0 Å². The average molecular weight is 534 g/mol. The quantitative estimate of drug-likeness (QED) is 0.256. The van der Waals surface area contributed by atoms with Crippen LogP contribution in [0.25, 0.3) is 0 Å². The molecule has 0 spiro atoms. The molecule has 0 aromatic rings. The molecular weight excluding hydrogens is 497 g/mol. The molecule has 6 N–H and O–H groups in total. The topological polar surface area (TPSA) is 132 Å². The fraction of sp³-hybridized carbons (Fsp3) is 0.950. The van der Waals surface area contributed by atoms with Crippen molar-refractivity contribution in [2.75, 3.05) is 32.7 Å². The molecule has 0 aliphatic carbocycles. The molecule has 3 saturated heterocycles. The highest BCUT2D eigenvalue weighted by atomic mass is 35.5. The Morgan fingerprint density at radius 1 is 1.24 bits per heavy atom. The van der Waals surface area contributed by atoms with Gasteiger partial charge in [-0.15, -0.1) is 23.4 Å². The van der Waals surface area contributed by atoms with Gasteiger partial charge in [0.25, 0.3) is 0 Å². The number of aliphatic hydroxyl groups excluding tert-OH is 3. The van der Waals surface area contributed by atoms with E-state index in [9.17, 15) is 24.0 Å². The molecule has 3 fully saturated rings. The highest BCUT2D eigenvalue weighted by Crippen LogP contribution is 2.31. The van der Waals surface area contributed by atoms with E-state index in [-0.39, 0.29) is 30.1 Å². The van der Waals surface area contributed by atoms with Gasteiger partial charge in [0.05, 0.1) is 17.5 Å². The van der Waals surface area contributed by atoms with Crippen molar-refractivity contribution in [3.8, 4) is 0 Å². The van der Waals surface area contributed by atoms with Crippen LogP contribution in [0.5, 0.6) is 0 Å². The van der Waals surface area contributed by atoms with Crippen molar-refractivity contribution in [2.45, 2.75) is 79.2 Å². The minimum absolute atomic E-state index is 0.224. The first-order valence-corrected chi connectivity index (χ1v) is 13.9. The second kappa shape index (κ2) is 14.0. The number of alkyl halides is 1. The number of carbonyl (C=O) groups is 1. The van der Waals surface area contributed by atoms with Gasteiger partial charge >= 0.3 is 0 Å². The largest absolute Gasteiger partial charge is 0.388 e. The van der Waals surface area contributed by atoms with Crippen LogP contribution in [0.1, 0.15) is 19.8 Å². The molecule has 0 aromatic carbocycles. The molecule has 1 amide bonds. The zero-order valence-electron chi connectivity index (χ0n) is 19.3. The molecule has 0 bridgehead atoms. The number of hydrogen-bond donors (Lipinski definition) is 6. The minimum Gasteiger partial charge on any atom is -0.388 e. The summed E-state index contributed by atoms with van der Waals surface area (Å²) >= 11 is 7.82. The lowest BCUT2D eigenvalue weighted by atomic mass is 9.92. The maximum Gasteiger partial charge on any atom is 0.240 e. The number of amides is 1. The molecule has 0 saturated carbocycles. The van der Waals surface area contributed by atoms with E-state index in [1.807, 2.05) is 7.05 Å². The Kier molecular flexibility index (Phi) is 12.5. The normalized spacial score (nSPS) is 40.6. The molecule has 11 atom stereocenters. The summed E-state index contributed by atoms with van der Waals surface area (Å²) in [5, 5.41) is 39.7. The first-order valence-electron chi connectivity index (χ1n) is 11.0. The van der Waals surface area contributed by atoms with Crippen LogP contribution >= 0.6 is 35.5 Å². The van der Waals surface area contributed by atoms with Crippen LogP contribution in [-0.2, 0) is 14.3 Å². The van der Waals surface area contributed by atoms with E-state index >= 15 is 0 Å². The van der Waals surface area contributed by atoms with E-state index in [4.69, 9.17) is 21.1 Å². The fourth-order valence-corrected chi connectivity index (χ4v) is 5.53. The van der Waals surface area contributed by atoms with E-state index in [2.05, 4.69) is 16.0 Å². The fourth-order valence-electron chi connectivity index (χ4n) is 4.64. The lowest BCUT2D eigenvalue weighted by Gasteiger charge is -2.44. The van der Waals surface area contributed by atoms with Gasteiger partial charge < -0.3 is 40.7 Å². The number of halogens is 2. The summed E-state index contributed by atoms with van der Waals surface area (Å²) in [5.41, 5.74) is -0.735. The molecule has 3 aliphatic heterocycles. The third kappa shape index (κ3) is 7.31. The molecular formula is C20H37ClFN3O6S2. The second-order valence-corrected chi connectivity index (χ2v) is 10.5. The lowest BCUT2D eigenvalue weighted by Crippen LogP contribution is -2.65. The van der Waals surface area contributed by atoms with E-state index in [1.54, 1.807) is 13.2 Å². The van der Waals surface area contributed by atoms with Gasteiger partial charge in [-0.2, -0.15) is 3.89 Å². The molecule has 0 radical (unpaired) electrons. The number of rotatable bonds is 6. The van der Waals surface area contributed by atoms with Gasteiger partial charge in [-0.25, -0.2) is 0 Å².